The molecule has 0 saturated heterocycles. The van der Waals surface area contributed by atoms with Gasteiger partial charge in [0.05, 0.1) is 11.4 Å². The van der Waals surface area contributed by atoms with Crippen LogP contribution in [0.3, 0.4) is 0 Å². The lowest BCUT2D eigenvalue weighted by Crippen LogP contribution is -2.17. The zero-order valence-corrected chi connectivity index (χ0v) is 45.8. The van der Waals surface area contributed by atoms with Crippen LogP contribution in [0.2, 0.25) is 0 Å². The molecule has 0 spiro atoms. The maximum absolute atomic E-state index is 5.09. The smallest absolute Gasteiger partial charge is 0.0675 e. The summed E-state index contributed by atoms with van der Waals surface area (Å²) in [6.45, 7) is 13.9. The summed E-state index contributed by atoms with van der Waals surface area (Å²) >= 11 is 0. The van der Waals surface area contributed by atoms with Crippen molar-refractivity contribution in [2.24, 2.45) is 4.99 Å². The molecule has 9 aromatic rings. The molecule has 0 fully saturated rings. The van der Waals surface area contributed by atoms with Crippen LogP contribution in [-0.4, -0.2) is 5.71 Å². The van der Waals surface area contributed by atoms with E-state index in [0.29, 0.717) is 0 Å². The predicted octanol–water partition coefficient (Wildman–Crippen LogP) is 20.2. The fraction of sp³-hybridized carbons (Fsp3) is 0.0909. The number of para-hydroxylation sites is 1. The number of allylic oxidation sites excluding steroid dienone is 10. The molecule has 0 amide bonds. The second kappa shape index (κ2) is 25.5. The molecule has 2 nitrogen and oxygen atoms in total. The topological polar surface area (TPSA) is 15.6 Å². The van der Waals surface area contributed by atoms with Crippen LogP contribution in [0.25, 0.3) is 27.8 Å². The van der Waals surface area contributed by atoms with E-state index >= 15 is 0 Å². The Hall–Kier alpha value is -9.59. The summed E-state index contributed by atoms with van der Waals surface area (Å²) in [5, 5.41) is 0. The fourth-order valence-corrected chi connectivity index (χ4v) is 10.5. The first-order valence-corrected chi connectivity index (χ1v) is 27.6. The molecule has 1 aliphatic heterocycles. The molecule has 0 saturated carbocycles. The molecule has 0 bridgehead atoms. The number of hydrogen-bond acceptors (Lipinski definition) is 2. The van der Waals surface area contributed by atoms with Gasteiger partial charge in [0, 0.05) is 24.3 Å². The molecule has 12 rings (SSSR count). The lowest BCUT2D eigenvalue weighted by atomic mass is 9.82. The van der Waals surface area contributed by atoms with Crippen molar-refractivity contribution in [1.82, 2.24) is 0 Å². The second-order valence-corrected chi connectivity index (χ2v) is 19.8. The highest BCUT2D eigenvalue weighted by molar-refractivity contribution is 6.07. The van der Waals surface area contributed by atoms with Crippen molar-refractivity contribution in [1.29, 1.82) is 0 Å². The molecule has 2 aliphatic carbocycles. The minimum absolute atomic E-state index is 0.769. The van der Waals surface area contributed by atoms with Crippen molar-refractivity contribution >= 4 is 39.5 Å². The summed E-state index contributed by atoms with van der Waals surface area (Å²) in [6.07, 6.45) is 17.2. The highest BCUT2D eigenvalue weighted by Crippen LogP contribution is 2.42. The SMILES string of the molecule is C=C(c1ccccc1)c1cc(-c2ccc(N(Cc3ccccc3)c3ccccc3)c(C)c2)ccc1/C(=C1/C=C(C2=CC(c3ccc4c(c3)N=C(c3ccccc3)C4)=CC=C=C2)C=CC1)c1ccccc1.CC.Cc1ccccc1. The molecule has 2 heteroatoms. The number of fused-ring (bicyclic) bond motifs is 1. The summed E-state index contributed by atoms with van der Waals surface area (Å²) in [6, 6.07) is 84.2. The van der Waals surface area contributed by atoms with E-state index in [4.69, 9.17) is 11.6 Å². The monoisotopic (exact) mass is 1020 g/mol. The molecule has 9 aromatic carbocycles. The maximum atomic E-state index is 5.09. The van der Waals surface area contributed by atoms with E-state index < -0.39 is 0 Å². The van der Waals surface area contributed by atoms with Gasteiger partial charge in [-0.15, -0.1) is 5.73 Å². The summed E-state index contributed by atoms with van der Waals surface area (Å²) in [5.41, 5.74) is 28.9. The van der Waals surface area contributed by atoms with Crippen LogP contribution >= 0.6 is 0 Å². The first kappa shape index (κ1) is 52.8. The number of rotatable bonds is 12. The van der Waals surface area contributed by atoms with Gasteiger partial charge in [0.25, 0.3) is 0 Å². The van der Waals surface area contributed by atoms with E-state index in [-0.39, 0.29) is 0 Å². The molecule has 0 radical (unpaired) electrons. The molecule has 0 N–H and O–H groups in total. The number of benzene rings is 9. The molecule has 0 atom stereocenters. The summed E-state index contributed by atoms with van der Waals surface area (Å²) in [4.78, 5) is 7.51. The van der Waals surface area contributed by atoms with E-state index in [1.165, 1.54) is 44.7 Å². The summed E-state index contributed by atoms with van der Waals surface area (Å²) < 4.78 is 0. The number of anilines is 2. The van der Waals surface area contributed by atoms with Gasteiger partial charge in [-0.25, -0.2) is 0 Å². The van der Waals surface area contributed by atoms with Crippen LogP contribution in [0.5, 0.6) is 0 Å². The third kappa shape index (κ3) is 12.7. The number of hydrogen-bond donors (Lipinski definition) is 0. The van der Waals surface area contributed by atoms with Crippen LogP contribution in [0.1, 0.15) is 75.9 Å². The Bertz CT molecular complexity index is 3850. The highest BCUT2D eigenvalue weighted by Gasteiger charge is 2.22. The molecule has 1 heterocycles. The minimum Gasteiger partial charge on any atom is -0.337 e. The van der Waals surface area contributed by atoms with Crippen molar-refractivity contribution < 1.29 is 0 Å². The third-order valence-corrected chi connectivity index (χ3v) is 14.5. The zero-order chi connectivity index (χ0) is 54.3. The molecular formula is C77H66N2. The zero-order valence-electron chi connectivity index (χ0n) is 45.8. The standard InChI is InChI=1S/C68H52N2.C7H8.C2H6/c1-48-41-57(38-40-67(48)70(62-33-16-7-17-34-62)47-50-21-8-3-9-22-50)58-37-39-63(64(44-58)49(2)51-23-10-4-11-24-51)68(53-27-14-6-15-28-53)61-32-20-31-56(43-61)54-29-18-19-30-55(42-54)59-35-36-60-46-65(69-66(60)45-59)52-25-12-5-13-26-52;1-7-5-3-2-4-6-7;1-2/h3-17,19-31,33-45H,2,32,46-47H2,1H3;2-6H,1H3;1-2H3/b68-61+;;. The first-order chi connectivity index (χ1) is 38.9. The highest BCUT2D eigenvalue weighted by atomic mass is 15.1. The normalized spacial score (nSPS) is 13.7. The van der Waals surface area contributed by atoms with E-state index in [1.54, 1.807) is 0 Å². The van der Waals surface area contributed by atoms with Gasteiger partial charge >= 0.3 is 0 Å². The van der Waals surface area contributed by atoms with Crippen LogP contribution in [0.15, 0.2) is 313 Å². The molecular weight excluding hydrogens is 953 g/mol. The summed E-state index contributed by atoms with van der Waals surface area (Å²) in [7, 11) is 0. The maximum Gasteiger partial charge on any atom is 0.0675 e. The molecule has 0 unspecified atom stereocenters. The van der Waals surface area contributed by atoms with E-state index in [9.17, 15) is 0 Å². The lowest BCUT2D eigenvalue weighted by molar-refractivity contribution is 0.969. The Morgan fingerprint density at radius 1 is 0.544 bits per heavy atom. The van der Waals surface area contributed by atoms with Gasteiger partial charge in [-0.3, -0.25) is 4.99 Å². The molecule has 0 aromatic heterocycles. The van der Waals surface area contributed by atoms with Crippen LogP contribution in [0.4, 0.5) is 17.1 Å². The average molecular weight is 1020 g/mol. The van der Waals surface area contributed by atoms with Gasteiger partial charge in [-0.1, -0.05) is 244 Å². The molecule has 3 aliphatic rings. The van der Waals surface area contributed by atoms with Gasteiger partial charge in [0.1, 0.15) is 0 Å². The van der Waals surface area contributed by atoms with Crippen LogP contribution in [0, 0.1) is 13.8 Å². The quantitative estimate of drug-likeness (QED) is 0.111. The van der Waals surface area contributed by atoms with Crippen molar-refractivity contribution in [2.45, 2.75) is 47.1 Å². The summed E-state index contributed by atoms with van der Waals surface area (Å²) in [5.74, 6) is 0. The Morgan fingerprint density at radius 2 is 1.15 bits per heavy atom. The van der Waals surface area contributed by atoms with Crippen molar-refractivity contribution in [3.05, 3.63) is 364 Å². The second-order valence-electron chi connectivity index (χ2n) is 19.8. The van der Waals surface area contributed by atoms with Gasteiger partial charge in [-0.05, 0) is 176 Å². The van der Waals surface area contributed by atoms with Crippen molar-refractivity contribution in [2.75, 3.05) is 4.90 Å². The Morgan fingerprint density at radius 3 is 1.82 bits per heavy atom. The van der Waals surface area contributed by atoms with Crippen LogP contribution < -0.4 is 4.90 Å². The number of aliphatic imine (C=N–C) groups is 1. The first-order valence-electron chi connectivity index (χ1n) is 27.6. The van der Waals surface area contributed by atoms with Crippen molar-refractivity contribution in [3.8, 4) is 11.1 Å². The van der Waals surface area contributed by atoms with E-state index in [0.717, 1.165) is 97.7 Å². The van der Waals surface area contributed by atoms with Gasteiger partial charge in [0.2, 0.25) is 0 Å². The average Bonchev–Trinajstić information content (AvgIpc) is 3.81. The van der Waals surface area contributed by atoms with E-state index in [1.807, 2.05) is 38.1 Å². The predicted molar refractivity (Wildman–Crippen MR) is 338 cm³/mol. The molecule has 384 valence electrons. The Balaban J connectivity index is 0.000000720. The minimum atomic E-state index is 0.769. The van der Waals surface area contributed by atoms with E-state index in [2.05, 4.69) is 279 Å². The lowest BCUT2D eigenvalue weighted by Gasteiger charge is -2.27. The Labute approximate surface area is 468 Å². The largest absolute Gasteiger partial charge is 0.337 e. The number of nitrogens with zero attached hydrogens (tertiary/aromatic N) is 2. The van der Waals surface area contributed by atoms with Gasteiger partial charge in [-0.2, -0.15) is 0 Å². The van der Waals surface area contributed by atoms with Crippen LogP contribution in [-0.2, 0) is 13.0 Å². The van der Waals surface area contributed by atoms with Gasteiger partial charge < -0.3 is 4.90 Å². The number of aryl methyl sites for hydroxylation is 2. The van der Waals surface area contributed by atoms with Crippen molar-refractivity contribution in [3.63, 3.8) is 0 Å². The third-order valence-electron chi connectivity index (χ3n) is 14.5. The molecule has 79 heavy (non-hydrogen) atoms. The Kier molecular flexibility index (Phi) is 17.1. The fourth-order valence-electron chi connectivity index (χ4n) is 10.5. The van der Waals surface area contributed by atoms with Gasteiger partial charge in [0.15, 0.2) is 0 Å².